The molecule has 3 rings (SSSR count). The Labute approximate surface area is 134 Å². The molecule has 21 heavy (non-hydrogen) atoms. The fraction of sp³-hybridized carbons (Fsp3) is 0.167. The van der Waals surface area contributed by atoms with E-state index in [0.29, 0.717) is 16.5 Å². The maximum Gasteiger partial charge on any atom is 0.189 e. The minimum Gasteiger partial charge on any atom is -0.289 e. The van der Waals surface area contributed by atoms with E-state index >= 15 is 0 Å². The Kier molecular flexibility index (Phi) is 3.88. The smallest absolute Gasteiger partial charge is 0.189 e. The van der Waals surface area contributed by atoms with Crippen molar-refractivity contribution in [1.82, 2.24) is 0 Å². The molecule has 0 saturated carbocycles. The molecule has 106 valence electrons. The van der Waals surface area contributed by atoms with E-state index in [1.807, 2.05) is 55.5 Å². The number of halogens is 2. The zero-order chi connectivity index (χ0) is 15.0. The van der Waals surface area contributed by atoms with Crippen LogP contribution >= 0.6 is 23.2 Å². The Morgan fingerprint density at radius 3 is 2.57 bits per heavy atom. The normalized spacial score (nSPS) is 19.7. The molecule has 0 saturated heterocycles. The van der Waals surface area contributed by atoms with Gasteiger partial charge in [-0.1, -0.05) is 59.6 Å². The summed E-state index contributed by atoms with van der Waals surface area (Å²) in [6.45, 7) is 1.91. The maximum atomic E-state index is 12.4. The largest absolute Gasteiger partial charge is 0.289 e. The first-order valence-electron chi connectivity index (χ1n) is 6.85. The average Bonchev–Trinajstić information content (AvgIpc) is 2.51. The quantitative estimate of drug-likeness (QED) is 0.620. The van der Waals surface area contributed by atoms with Crippen molar-refractivity contribution in [2.45, 2.75) is 19.3 Å². The third kappa shape index (κ3) is 2.52. The first-order chi connectivity index (χ1) is 10.1. The van der Waals surface area contributed by atoms with Gasteiger partial charge in [-0.05, 0) is 42.2 Å². The van der Waals surface area contributed by atoms with Crippen molar-refractivity contribution in [3.8, 4) is 0 Å². The van der Waals surface area contributed by atoms with Crippen molar-refractivity contribution in [1.29, 1.82) is 0 Å². The van der Waals surface area contributed by atoms with Crippen LogP contribution in [0.3, 0.4) is 0 Å². The minimum absolute atomic E-state index is 0.129. The predicted octanol–water partition coefficient (Wildman–Crippen LogP) is 5.66. The second kappa shape index (κ2) is 5.67. The molecule has 0 N–H and O–H groups in total. The van der Waals surface area contributed by atoms with Gasteiger partial charge in [0.25, 0.3) is 0 Å². The van der Waals surface area contributed by atoms with Crippen molar-refractivity contribution in [2.24, 2.45) is 0 Å². The fourth-order valence-electron chi connectivity index (χ4n) is 2.88. The number of Topliss-reactive ketones (excluding diaryl/α,β-unsaturated/α-hetero) is 1. The molecule has 1 atom stereocenters. The maximum absolute atomic E-state index is 12.4. The summed E-state index contributed by atoms with van der Waals surface area (Å²) in [6, 6.07) is 13.5. The SMILES string of the molecule is C/C=C1\C[C@@H](c2ccc(Cl)c(Cl)c2)c2ccccc2C1=O. The predicted molar refractivity (Wildman–Crippen MR) is 87.5 cm³/mol. The van der Waals surface area contributed by atoms with Crippen LogP contribution < -0.4 is 0 Å². The van der Waals surface area contributed by atoms with Gasteiger partial charge in [0.15, 0.2) is 5.78 Å². The molecule has 1 aliphatic rings. The van der Waals surface area contributed by atoms with Crippen molar-refractivity contribution >= 4 is 29.0 Å². The molecule has 0 unspecified atom stereocenters. The molecule has 0 aliphatic heterocycles. The Bertz CT molecular complexity index is 747. The molecule has 0 spiro atoms. The summed E-state index contributed by atoms with van der Waals surface area (Å²) in [5, 5.41) is 1.09. The highest BCUT2D eigenvalue weighted by atomic mass is 35.5. The second-order valence-corrected chi connectivity index (χ2v) is 5.97. The molecule has 1 nitrogen and oxygen atoms in total. The number of hydrogen-bond donors (Lipinski definition) is 0. The van der Waals surface area contributed by atoms with E-state index < -0.39 is 0 Å². The van der Waals surface area contributed by atoms with Crippen LogP contribution in [0.25, 0.3) is 0 Å². The number of allylic oxidation sites excluding steroid dienone is 2. The molecule has 0 bridgehead atoms. The summed E-state index contributed by atoms with van der Waals surface area (Å²) < 4.78 is 0. The van der Waals surface area contributed by atoms with Gasteiger partial charge in [-0.25, -0.2) is 0 Å². The van der Waals surface area contributed by atoms with Crippen LogP contribution in [0.4, 0.5) is 0 Å². The van der Waals surface area contributed by atoms with E-state index in [0.717, 1.165) is 22.3 Å². The number of fused-ring (bicyclic) bond motifs is 1. The lowest BCUT2D eigenvalue weighted by Crippen LogP contribution is -2.19. The summed E-state index contributed by atoms with van der Waals surface area (Å²) in [7, 11) is 0. The molecule has 2 aromatic carbocycles. The Hall–Kier alpha value is -1.57. The van der Waals surface area contributed by atoms with E-state index in [9.17, 15) is 4.79 Å². The average molecular weight is 317 g/mol. The van der Waals surface area contributed by atoms with E-state index in [1.165, 1.54) is 0 Å². The van der Waals surface area contributed by atoms with Crippen molar-refractivity contribution < 1.29 is 4.79 Å². The Balaban J connectivity index is 2.16. The summed E-state index contributed by atoms with van der Waals surface area (Å²) in [4.78, 5) is 12.4. The zero-order valence-corrected chi connectivity index (χ0v) is 13.1. The molecule has 3 heteroatoms. The van der Waals surface area contributed by atoms with Gasteiger partial charge in [0.1, 0.15) is 0 Å². The van der Waals surface area contributed by atoms with Gasteiger partial charge in [0.2, 0.25) is 0 Å². The third-order valence-corrected chi connectivity index (χ3v) is 4.73. The van der Waals surface area contributed by atoms with E-state index in [2.05, 4.69) is 0 Å². The number of ketones is 1. The van der Waals surface area contributed by atoms with E-state index in [4.69, 9.17) is 23.2 Å². The van der Waals surface area contributed by atoms with E-state index in [-0.39, 0.29) is 11.7 Å². The molecular weight excluding hydrogens is 303 g/mol. The molecule has 0 fully saturated rings. The third-order valence-electron chi connectivity index (χ3n) is 3.99. The molecule has 0 radical (unpaired) electrons. The summed E-state index contributed by atoms with van der Waals surface area (Å²) in [6.07, 6.45) is 2.60. The lowest BCUT2D eigenvalue weighted by Gasteiger charge is -2.27. The monoisotopic (exact) mass is 316 g/mol. The summed E-state index contributed by atoms with van der Waals surface area (Å²) in [5.74, 6) is 0.268. The highest BCUT2D eigenvalue weighted by molar-refractivity contribution is 6.42. The minimum atomic E-state index is 0.129. The summed E-state index contributed by atoms with van der Waals surface area (Å²) in [5.41, 5.74) is 3.79. The van der Waals surface area contributed by atoms with Gasteiger partial charge >= 0.3 is 0 Å². The van der Waals surface area contributed by atoms with Gasteiger partial charge < -0.3 is 0 Å². The van der Waals surface area contributed by atoms with Crippen molar-refractivity contribution in [3.63, 3.8) is 0 Å². The highest BCUT2D eigenvalue weighted by Gasteiger charge is 2.29. The molecule has 2 aromatic rings. The van der Waals surface area contributed by atoms with Crippen LogP contribution in [-0.4, -0.2) is 5.78 Å². The van der Waals surface area contributed by atoms with Crippen molar-refractivity contribution in [3.05, 3.63) is 80.8 Å². The van der Waals surface area contributed by atoms with Gasteiger partial charge in [0.05, 0.1) is 10.0 Å². The standard InChI is InChI=1S/C18H14Cl2O/c1-2-11-9-15(12-7-8-16(19)17(20)10-12)13-5-3-4-6-14(13)18(11)21/h2-8,10,15H,9H2,1H3/b11-2+/t15-/m0/s1. The number of carbonyl (C=O) groups excluding carboxylic acids is 1. The van der Waals surface area contributed by atoms with Gasteiger partial charge in [0, 0.05) is 11.5 Å². The number of benzene rings is 2. The first kappa shape index (κ1) is 14.4. The van der Waals surface area contributed by atoms with Crippen molar-refractivity contribution in [2.75, 3.05) is 0 Å². The van der Waals surface area contributed by atoms with Gasteiger partial charge in [-0.2, -0.15) is 0 Å². The van der Waals surface area contributed by atoms with Crippen LogP contribution in [0.5, 0.6) is 0 Å². The fourth-order valence-corrected chi connectivity index (χ4v) is 3.19. The summed E-state index contributed by atoms with van der Waals surface area (Å²) >= 11 is 12.1. The van der Waals surface area contributed by atoms with Crippen LogP contribution in [0.2, 0.25) is 10.0 Å². The Morgan fingerprint density at radius 1 is 1.10 bits per heavy atom. The topological polar surface area (TPSA) is 17.1 Å². The van der Waals surface area contributed by atoms with Crippen LogP contribution in [0.15, 0.2) is 54.1 Å². The van der Waals surface area contributed by atoms with Gasteiger partial charge in [-0.3, -0.25) is 4.79 Å². The number of rotatable bonds is 1. The molecule has 1 aliphatic carbocycles. The Morgan fingerprint density at radius 2 is 1.86 bits per heavy atom. The number of carbonyl (C=O) groups is 1. The van der Waals surface area contributed by atoms with Gasteiger partial charge in [-0.15, -0.1) is 0 Å². The lowest BCUT2D eigenvalue weighted by atomic mass is 9.76. The lowest BCUT2D eigenvalue weighted by molar-refractivity contribution is 0.102. The second-order valence-electron chi connectivity index (χ2n) is 5.16. The molecule has 0 amide bonds. The van der Waals surface area contributed by atoms with Crippen LogP contribution in [0.1, 0.15) is 40.7 Å². The van der Waals surface area contributed by atoms with Crippen LogP contribution in [-0.2, 0) is 0 Å². The number of hydrogen-bond acceptors (Lipinski definition) is 1. The molecule has 0 heterocycles. The van der Waals surface area contributed by atoms with E-state index in [1.54, 1.807) is 0 Å². The van der Waals surface area contributed by atoms with Crippen LogP contribution in [0, 0.1) is 0 Å². The molecule has 0 aromatic heterocycles. The highest BCUT2D eigenvalue weighted by Crippen LogP contribution is 2.40. The molecular formula is C18H14Cl2O. The zero-order valence-electron chi connectivity index (χ0n) is 11.6. The first-order valence-corrected chi connectivity index (χ1v) is 7.61.